The molecule has 13 heavy (non-hydrogen) atoms. The molecule has 0 aromatic heterocycles. The lowest BCUT2D eigenvalue weighted by Gasteiger charge is -2.12. The summed E-state index contributed by atoms with van der Waals surface area (Å²) >= 11 is 6.64. The molecule has 0 fully saturated rings. The quantitative estimate of drug-likeness (QED) is 0.632. The monoisotopic (exact) mass is 281 g/mol. The van der Waals surface area contributed by atoms with Gasteiger partial charge in [-0.3, -0.25) is 4.21 Å². The molecule has 0 aliphatic rings. The van der Waals surface area contributed by atoms with E-state index < -0.39 is 15.8 Å². The molecular weight excluding hydrogens is 276 g/mol. The molecule has 0 aliphatic heterocycles. The van der Waals surface area contributed by atoms with Crippen LogP contribution in [0.3, 0.4) is 0 Å². The number of rotatable bonds is 3. The molecule has 0 heterocycles. The van der Waals surface area contributed by atoms with E-state index in [-0.39, 0.29) is 0 Å². The number of alkyl halides is 2. The molecule has 2 unspecified atom stereocenters. The molecule has 1 rings (SSSR count). The maximum absolute atomic E-state index is 10.5. The molecule has 0 aliphatic carbocycles. The van der Waals surface area contributed by atoms with Gasteiger partial charge in [0.2, 0.25) is 0 Å². The highest BCUT2D eigenvalue weighted by Gasteiger charge is 2.06. The van der Waals surface area contributed by atoms with Crippen molar-refractivity contribution in [2.45, 2.75) is 10.0 Å². The molecule has 0 bridgehead atoms. The van der Waals surface area contributed by atoms with Crippen LogP contribution in [0.5, 0.6) is 0 Å². The number of hydrogen-bond acceptors (Lipinski definition) is 2. The van der Waals surface area contributed by atoms with Gasteiger partial charge in [0.1, 0.15) is 4.71 Å². The summed E-state index contributed by atoms with van der Waals surface area (Å²) in [5, 5.41) is 0.751. The Labute approximate surface area is 92.7 Å². The Morgan fingerprint density at radius 3 is 2.38 bits per heavy atom. The van der Waals surface area contributed by atoms with Gasteiger partial charge >= 0.3 is 0 Å². The van der Waals surface area contributed by atoms with Crippen molar-refractivity contribution < 1.29 is 8.76 Å². The zero-order chi connectivity index (χ0) is 9.84. The average Bonchev–Trinajstić information content (AvgIpc) is 2.17. The lowest BCUT2D eigenvalue weighted by atomic mass is 10.2. The van der Waals surface area contributed by atoms with Gasteiger partial charge in [-0.15, -0.1) is 11.6 Å². The first-order chi connectivity index (χ1) is 6.15. The first-order valence-electron chi connectivity index (χ1n) is 3.52. The summed E-state index contributed by atoms with van der Waals surface area (Å²) in [6, 6.07) is 7.10. The highest BCUT2D eigenvalue weighted by Crippen LogP contribution is 2.23. The topological polar surface area (TPSA) is 40.1 Å². The van der Waals surface area contributed by atoms with Crippen molar-refractivity contribution in [3.8, 4) is 0 Å². The molecule has 0 N–H and O–H groups in total. The van der Waals surface area contributed by atoms with E-state index >= 15 is 0 Å². The van der Waals surface area contributed by atoms with Crippen molar-refractivity contribution in [1.29, 1.82) is 0 Å². The van der Waals surface area contributed by atoms with E-state index in [1.54, 1.807) is 12.1 Å². The molecular formula is C8H7BrClO2S-. The first-order valence-corrected chi connectivity index (χ1v) is 6.21. The predicted molar refractivity (Wildman–Crippen MR) is 56.6 cm³/mol. The summed E-state index contributed by atoms with van der Waals surface area (Å²) in [4.78, 5) is 0. The molecule has 0 saturated heterocycles. The van der Waals surface area contributed by atoms with Crippen LogP contribution in [0.25, 0.3) is 0 Å². The van der Waals surface area contributed by atoms with Crippen LogP contribution in [-0.2, 0) is 16.4 Å². The fourth-order valence-electron chi connectivity index (χ4n) is 0.869. The van der Waals surface area contributed by atoms with Crippen LogP contribution >= 0.6 is 27.5 Å². The van der Waals surface area contributed by atoms with Gasteiger partial charge < -0.3 is 4.55 Å². The van der Waals surface area contributed by atoms with Crippen LogP contribution in [0, 0.1) is 0 Å². The summed E-state index contributed by atoms with van der Waals surface area (Å²) in [7, 11) is 0. The van der Waals surface area contributed by atoms with Gasteiger partial charge in [-0.05, 0) is 22.2 Å². The molecule has 0 saturated carbocycles. The Bertz CT molecular complexity index is 302. The second kappa shape index (κ2) is 5.10. The van der Waals surface area contributed by atoms with E-state index in [1.165, 1.54) is 0 Å². The second-order valence-corrected chi connectivity index (χ2v) is 4.70. The predicted octanol–water partition coefficient (Wildman–Crippen LogP) is 2.70. The Balaban J connectivity index is 2.85. The highest BCUT2D eigenvalue weighted by molar-refractivity contribution is 9.08. The van der Waals surface area contributed by atoms with Crippen molar-refractivity contribution in [2.24, 2.45) is 0 Å². The van der Waals surface area contributed by atoms with Crippen LogP contribution in [0.4, 0.5) is 0 Å². The molecule has 1 aromatic rings. The molecule has 2 atom stereocenters. The van der Waals surface area contributed by atoms with Crippen LogP contribution in [0.2, 0.25) is 0 Å². The van der Waals surface area contributed by atoms with Crippen LogP contribution in [0.1, 0.15) is 15.8 Å². The van der Waals surface area contributed by atoms with Crippen molar-refractivity contribution in [1.82, 2.24) is 0 Å². The summed E-state index contributed by atoms with van der Waals surface area (Å²) in [6.07, 6.45) is 0. The van der Waals surface area contributed by atoms with Crippen molar-refractivity contribution in [3.05, 3.63) is 35.4 Å². The normalized spacial score (nSPS) is 15.3. The minimum atomic E-state index is -2.27. The molecule has 0 spiro atoms. The van der Waals surface area contributed by atoms with E-state index in [0.717, 1.165) is 10.9 Å². The minimum absolute atomic E-state index is 0.597. The fourth-order valence-corrected chi connectivity index (χ4v) is 1.77. The smallest absolute Gasteiger partial charge is 0.120 e. The van der Waals surface area contributed by atoms with Gasteiger partial charge in [-0.25, -0.2) is 0 Å². The molecule has 0 radical (unpaired) electrons. The maximum Gasteiger partial charge on any atom is 0.120 e. The van der Waals surface area contributed by atoms with E-state index in [4.69, 9.17) is 11.6 Å². The van der Waals surface area contributed by atoms with Gasteiger partial charge in [0.25, 0.3) is 0 Å². The second-order valence-electron chi connectivity index (χ2n) is 2.45. The van der Waals surface area contributed by atoms with E-state index in [2.05, 4.69) is 15.9 Å². The Kier molecular flexibility index (Phi) is 4.38. The number of hydrogen-bond donors (Lipinski definition) is 0. The fraction of sp³-hybridized carbons (Fsp3) is 0.250. The van der Waals surface area contributed by atoms with Gasteiger partial charge in [-0.2, -0.15) is 0 Å². The zero-order valence-electron chi connectivity index (χ0n) is 6.57. The molecule has 2 nitrogen and oxygen atoms in total. The summed E-state index contributed by atoms with van der Waals surface area (Å²) < 4.78 is 20.1. The van der Waals surface area contributed by atoms with Gasteiger partial charge in [0, 0.05) is 5.33 Å². The minimum Gasteiger partial charge on any atom is -0.771 e. The summed E-state index contributed by atoms with van der Waals surface area (Å²) in [6.45, 7) is 0. The Hall–Kier alpha value is 0.1000. The summed E-state index contributed by atoms with van der Waals surface area (Å²) in [5.41, 5.74) is 1.68. The largest absolute Gasteiger partial charge is 0.771 e. The lowest BCUT2D eigenvalue weighted by Crippen LogP contribution is -1.98. The number of halogens is 2. The third-order valence-electron chi connectivity index (χ3n) is 1.57. The molecule has 72 valence electrons. The molecule has 0 amide bonds. The third-order valence-corrected chi connectivity index (χ3v) is 3.51. The van der Waals surface area contributed by atoms with Gasteiger partial charge in [0.05, 0.1) is 0 Å². The van der Waals surface area contributed by atoms with Gasteiger partial charge in [0.15, 0.2) is 0 Å². The standard InChI is InChI=1S/C8H8BrClO2S/c9-5-6-1-3-7(4-2-6)8(10)13(11)12/h1-4,8H,5H2,(H,11,12)/p-1. The van der Waals surface area contributed by atoms with E-state index in [9.17, 15) is 8.76 Å². The summed E-state index contributed by atoms with van der Waals surface area (Å²) in [5.74, 6) is 0. The lowest BCUT2D eigenvalue weighted by molar-refractivity contribution is 0.534. The van der Waals surface area contributed by atoms with Crippen molar-refractivity contribution in [2.75, 3.05) is 0 Å². The SMILES string of the molecule is O=S([O-])C(Cl)c1ccc(CBr)cc1. The first kappa shape index (κ1) is 11.2. The van der Waals surface area contributed by atoms with Crippen LogP contribution in [-0.4, -0.2) is 8.76 Å². The number of benzene rings is 1. The average molecular weight is 283 g/mol. The van der Waals surface area contributed by atoms with Crippen molar-refractivity contribution in [3.63, 3.8) is 0 Å². The molecule has 1 aromatic carbocycles. The van der Waals surface area contributed by atoms with Crippen molar-refractivity contribution >= 4 is 38.6 Å². The van der Waals surface area contributed by atoms with Crippen LogP contribution < -0.4 is 0 Å². The third kappa shape index (κ3) is 3.06. The highest BCUT2D eigenvalue weighted by atomic mass is 79.9. The molecule has 5 heteroatoms. The Morgan fingerprint density at radius 2 is 2.00 bits per heavy atom. The van der Waals surface area contributed by atoms with Crippen LogP contribution in [0.15, 0.2) is 24.3 Å². The Morgan fingerprint density at radius 1 is 1.46 bits per heavy atom. The van der Waals surface area contributed by atoms with E-state index in [1.807, 2.05) is 12.1 Å². The maximum atomic E-state index is 10.5. The zero-order valence-corrected chi connectivity index (χ0v) is 9.73. The van der Waals surface area contributed by atoms with E-state index in [0.29, 0.717) is 5.56 Å². The van der Waals surface area contributed by atoms with Gasteiger partial charge in [-0.1, -0.05) is 40.2 Å².